The minimum absolute atomic E-state index is 0.0257. The predicted molar refractivity (Wildman–Crippen MR) is 96.5 cm³/mol. The van der Waals surface area contributed by atoms with E-state index in [9.17, 15) is 8.42 Å². The lowest BCUT2D eigenvalue weighted by Crippen LogP contribution is -2.43. The van der Waals surface area contributed by atoms with E-state index >= 15 is 0 Å². The average Bonchev–Trinajstić information content (AvgIpc) is 3.35. The predicted octanol–water partition coefficient (Wildman–Crippen LogP) is 1.83. The smallest absolute Gasteiger partial charge is 0.214 e. The van der Waals surface area contributed by atoms with Crippen molar-refractivity contribution in [2.24, 2.45) is 0 Å². The van der Waals surface area contributed by atoms with Crippen LogP contribution < -0.4 is 4.72 Å². The molecule has 0 spiro atoms. The molecule has 134 valence electrons. The van der Waals surface area contributed by atoms with Gasteiger partial charge in [-0.2, -0.15) is 5.10 Å². The van der Waals surface area contributed by atoms with Crippen LogP contribution in [-0.2, 0) is 23.1 Å². The van der Waals surface area contributed by atoms with Crippen molar-refractivity contribution in [1.82, 2.24) is 19.4 Å². The van der Waals surface area contributed by atoms with Crippen molar-refractivity contribution in [3.05, 3.63) is 53.3 Å². The maximum atomic E-state index is 12.1. The number of rotatable bonds is 6. The zero-order valence-corrected chi connectivity index (χ0v) is 15.2. The molecule has 7 heteroatoms. The third-order valence-corrected chi connectivity index (χ3v) is 6.88. The lowest BCUT2D eigenvalue weighted by atomic mass is 10.1. The van der Waals surface area contributed by atoms with Gasteiger partial charge in [-0.3, -0.25) is 9.58 Å². The lowest BCUT2D eigenvalue weighted by Gasteiger charge is -2.34. The summed E-state index contributed by atoms with van der Waals surface area (Å²) in [5.74, 6) is 0. The Morgan fingerprint density at radius 3 is 2.68 bits per heavy atom. The van der Waals surface area contributed by atoms with Crippen molar-refractivity contribution in [2.75, 3.05) is 13.1 Å². The van der Waals surface area contributed by atoms with E-state index in [0.29, 0.717) is 6.54 Å². The van der Waals surface area contributed by atoms with Gasteiger partial charge < -0.3 is 0 Å². The summed E-state index contributed by atoms with van der Waals surface area (Å²) in [7, 11) is -3.16. The van der Waals surface area contributed by atoms with E-state index in [0.717, 1.165) is 38.2 Å². The monoisotopic (exact) mass is 360 g/mol. The third-order valence-electron chi connectivity index (χ3n) is 4.96. The molecule has 1 aromatic heterocycles. The second-order valence-electron chi connectivity index (χ2n) is 7.17. The number of fused-ring (bicyclic) bond motifs is 1. The van der Waals surface area contributed by atoms with E-state index in [1.807, 2.05) is 10.7 Å². The first kappa shape index (κ1) is 16.8. The summed E-state index contributed by atoms with van der Waals surface area (Å²) in [6.45, 7) is 4.97. The maximum absolute atomic E-state index is 12.1. The summed E-state index contributed by atoms with van der Waals surface area (Å²) in [4.78, 5) is 2.36. The van der Waals surface area contributed by atoms with E-state index in [-0.39, 0.29) is 11.3 Å². The summed E-state index contributed by atoms with van der Waals surface area (Å²) in [6.07, 6.45) is 3.37. The van der Waals surface area contributed by atoms with Crippen LogP contribution in [0.3, 0.4) is 0 Å². The highest BCUT2D eigenvalue weighted by atomic mass is 32.2. The molecule has 6 nitrogen and oxygen atoms in total. The van der Waals surface area contributed by atoms with Crippen LogP contribution in [0, 0.1) is 6.92 Å². The van der Waals surface area contributed by atoms with Gasteiger partial charge in [-0.1, -0.05) is 29.8 Å². The summed E-state index contributed by atoms with van der Waals surface area (Å²) in [6, 6.07) is 10.6. The Balaban J connectivity index is 1.46. The van der Waals surface area contributed by atoms with Crippen LogP contribution >= 0.6 is 0 Å². The first-order valence-electron chi connectivity index (χ1n) is 8.80. The lowest BCUT2D eigenvalue weighted by molar-refractivity contribution is 0.168. The molecule has 1 saturated carbocycles. The van der Waals surface area contributed by atoms with Gasteiger partial charge in [0.05, 0.1) is 17.0 Å². The van der Waals surface area contributed by atoms with Gasteiger partial charge in [0.2, 0.25) is 10.0 Å². The number of hydrogen-bond acceptors (Lipinski definition) is 4. The molecule has 2 aliphatic rings. The highest BCUT2D eigenvalue weighted by Crippen LogP contribution is 2.28. The van der Waals surface area contributed by atoms with Gasteiger partial charge in [-0.15, -0.1) is 0 Å². The number of sulfonamides is 1. The molecule has 0 radical (unpaired) electrons. The van der Waals surface area contributed by atoms with E-state index < -0.39 is 10.0 Å². The fourth-order valence-electron chi connectivity index (χ4n) is 3.40. The second-order valence-corrected chi connectivity index (χ2v) is 9.21. The molecule has 0 bridgehead atoms. The molecule has 1 aromatic carbocycles. The van der Waals surface area contributed by atoms with Gasteiger partial charge in [0, 0.05) is 32.4 Å². The standard InChI is InChI=1S/C18H24N4O2S/c1-14-2-4-15(5-3-14)11-21-12-16-8-9-19-22(16)17(13-21)10-20-25(23,24)18-6-7-18/h2-5,8-9,17-18,20H,6-7,10-13H2,1H3. The highest BCUT2D eigenvalue weighted by Gasteiger charge is 2.36. The molecule has 1 N–H and O–H groups in total. The van der Waals surface area contributed by atoms with Crippen LogP contribution in [0.25, 0.3) is 0 Å². The molecule has 1 aliphatic carbocycles. The zero-order chi connectivity index (χ0) is 17.4. The Morgan fingerprint density at radius 2 is 1.96 bits per heavy atom. The van der Waals surface area contributed by atoms with E-state index in [4.69, 9.17) is 0 Å². The van der Waals surface area contributed by atoms with Gasteiger partial charge in [-0.05, 0) is 31.4 Å². The van der Waals surface area contributed by atoms with Crippen molar-refractivity contribution in [3.8, 4) is 0 Å². The number of aromatic nitrogens is 2. The van der Waals surface area contributed by atoms with Crippen molar-refractivity contribution in [1.29, 1.82) is 0 Å². The van der Waals surface area contributed by atoms with Gasteiger partial charge in [-0.25, -0.2) is 13.1 Å². The van der Waals surface area contributed by atoms with Crippen LogP contribution in [0.1, 0.15) is 35.7 Å². The van der Waals surface area contributed by atoms with Crippen molar-refractivity contribution in [3.63, 3.8) is 0 Å². The van der Waals surface area contributed by atoms with Crippen LogP contribution in [0.4, 0.5) is 0 Å². The molecule has 25 heavy (non-hydrogen) atoms. The first-order chi connectivity index (χ1) is 12.0. The fraction of sp³-hybridized carbons (Fsp3) is 0.500. The van der Waals surface area contributed by atoms with E-state index in [1.54, 1.807) is 6.20 Å². The number of aryl methyl sites for hydroxylation is 1. The Morgan fingerprint density at radius 1 is 1.20 bits per heavy atom. The van der Waals surface area contributed by atoms with Crippen molar-refractivity contribution < 1.29 is 8.42 Å². The maximum Gasteiger partial charge on any atom is 0.214 e. The van der Waals surface area contributed by atoms with Crippen LogP contribution in [0.15, 0.2) is 36.5 Å². The SMILES string of the molecule is Cc1ccc(CN2Cc3ccnn3C(CNS(=O)(=O)C3CC3)C2)cc1. The molecule has 0 saturated heterocycles. The summed E-state index contributed by atoms with van der Waals surface area (Å²) >= 11 is 0. The minimum Gasteiger partial charge on any atom is -0.291 e. The van der Waals surface area contributed by atoms with E-state index in [1.165, 1.54) is 11.1 Å². The molecule has 0 amide bonds. The molecular formula is C18H24N4O2S. The molecule has 1 atom stereocenters. The summed E-state index contributed by atoms with van der Waals surface area (Å²) in [5, 5.41) is 4.22. The van der Waals surface area contributed by atoms with Gasteiger partial charge in [0.15, 0.2) is 0 Å². The second kappa shape index (κ2) is 6.55. The number of benzene rings is 1. The Hall–Kier alpha value is -1.70. The molecule has 2 heterocycles. The van der Waals surface area contributed by atoms with Gasteiger partial charge in [0.25, 0.3) is 0 Å². The van der Waals surface area contributed by atoms with Gasteiger partial charge >= 0.3 is 0 Å². The van der Waals surface area contributed by atoms with Crippen molar-refractivity contribution in [2.45, 2.75) is 44.1 Å². The largest absolute Gasteiger partial charge is 0.291 e. The molecule has 2 aromatic rings. The molecule has 1 unspecified atom stereocenters. The van der Waals surface area contributed by atoms with E-state index in [2.05, 4.69) is 45.9 Å². The fourth-order valence-corrected chi connectivity index (χ4v) is 4.81. The number of nitrogens with zero attached hydrogens (tertiary/aromatic N) is 3. The summed E-state index contributed by atoms with van der Waals surface area (Å²) in [5.41, 5.74) is 3.66. The zero-order valence-electron chi connectivity index (χ0n) is 14.4. The Bertz CT molecular complexity index is 840. The molecule has 4 rings (SSSR count). The molecule has 1 fully saturated rings. The Labute approximate surface area is 148 Å². The van der Waals surface area contributed by atoms with Crippen molar-refractivity contribution >= 4 is 10.0 Å². The average molecular weight is 360 g/mol. The minimum atomic E-state index is -3.16. The molecule has 1 aliphatic heterocycles. The summed E-state index contributed by atoms with van der Waals surface area (Å²) < 4.78 is 29.0. The quantitative estimate of drug-likeness (QED) is 0.853. The van der Waals surface area contributed by atoms with Crippen LogP contribution in [0.5, 0.6) is 0 Å². The van der Waals surface area contributed by atoms with Crippen LogP contribution in [0.2, 0.25) is 0 Å². The molecular weight excluding hydrogens is 336 g/mol. The highest BCUT2D eigenvalue weighted by molar-refractivity contribution is 7.90. The number of nitrogens with one attached hydrogen (secondary N) is 1. The number of hydrogen-bond donors (Lipinski definition) is 1. The third kappa shape index (κ3) is 3.78. The topological polar surface area (TPSA) is 67.2 Å². The normalized spacial score (nSPS) is 21.2. The van der Waals surface area contributed by atoms with Gasteiger partial charge in [0.1, 0.15) is 0 Å². The Kier molecular flexibility index (Phi) is 4.39. The van der Waals surface area contributed by atoms with Crippen LogP contribution in [-0.4, -0.2) is 41.4 Å². The first-order valence-corrected chi connectivity index (χ1v) is 10.3.